The van der Waals surface area contributed by atoms with E-state index >= 15 is 0 Å². The van der Waals surface area contributed by atoms with Crippen molar-refractivity contribution in [3.8, 4) is 5.75 Å². The minimum Gasteiger partial charge on any atom is -0.506 e. The molecule has 5 nitrogen and oxygen atoms in total. The molecule has 0 fully saturated rings. The first-order valence-corrected chi connectivity index (χ1v) is 10.6. The molecule has 0 heterocycles. The second-order valence-corrected chi connectivity index (χ2v) is 7.80. The van der Waals surface area contributed by atoms with Gasteiger partial charge in [0.25, 0.3) is 5.91 Å². The normalized spacial score (nSPS) is 11.3. The maximum atomic E-state index is 13.3. The standard InChI is InChI=1S/C28H21N3O2/c1-18-9-2-7-15-24(18)30-31-26-17-23(27(32)22-14-6-5-13-21(22)26)28(33)29-25-16-8-11-19-10-3-4-12-20(19)25/h2-17,32H,1H3,(H,29,33). The Morgan fingerprint density at radius 3 is 2.18 bits per heavy atom. The largest absolute Gasteiger partial charge is 0.506 e. The van der Waals surface area contributed by atoms with Crippen LogP contribution in [-0.2, 0) is 0 Å². The van der Waals surface area contributed by atoms with Crippen molar-refractivity contribution in [3.63, 3.8) is 0 Å². The number of anilines is 1. The Morgan fingerprint density at radius 2 is 1.36 bits per heavy atom. The van der Waals surface area contributed by atoms with Crippen LogP contribution >= 0.6 is 0 Å². The molecule has 2 N–H and O–H groups in total. The highest BCUT2D eigenvalue weighted by Crippen LogP contribution is 2.37. The summed E-state index contributed by atoms with van der Waals surface area (Å²) in [6, 6.07) is 30.1. The molecule has 33 heavy (non-hydrogen) atoms. The summed E-state index contributed by atoms with van der Waals surface area (Å²) in [7, 11) is 0. The molecule has 5 heteroatoms. The molecule has 0 saturated heterocycles. The van der Waals surface area contributed by atoms with E-state index in [0.717, 1.165) is 22.0 Å². The van der Waals surface area contributed by atoms with Crippen molar-refractivity contribution in [1.29, 1.82) is 0 Å². The lowest BCUT2D eigenvalue weighted by molar-refractivity contribution is 0.102. The SMILES string of the molecule is Cc1ccccc1N=Nc1cc(C(=O)Nc2cccc3ccccc23)c(O)c2ccccc12. The summed E-state index contributed by atoms with van der Waals surface area (Å²) in [6.07, 6.45) is 0. The highest BCUT2D eigenvalue weighted by Gasteiger charge is 2.18. The Labute approximate surface area is 191 Å². The van der Waals surface area contributed by atoms with E-state index in [-0.39, 0.29) is 11.3 Å². The number of hydrogen-bond donors (Lipinski definition) is 2. The van der Waals surface area contributed by atoms with Crippen molar-refractivity contribution in [3.05, 3.63) is 108 Å². The van der Waals surface area contributed by atoms with Crippen LogP contribution in [0.15, 0.2) is 107 Å². The highest BCUT2D eigenvalue weighted by atomic mass is 16.3. The Kier molecular flexibility index (Phi) is 5.29. The van der Waals surface area contributed by atoms with Crippen LogP contribution in [0.5, 0.6) is 5.75 Å². The molecule has 0 saturated carbocycles. The van der Waals surface area contributed by atoms with Crippen molar-refractivity contribution < 1.29 is 9.90 Å². The van der Waals surface area contributed by atoms with E-state index in [1.165, 1.54) is 0 Å². The van der Waals surface area contributed by atoms with Gasteiger partial charge < -0.3 is 10.4 Å². The van der Waals surface area contributed by atoms with E-state index in [1.54, 1.807) is 12.1 Å². The van der Waals surface area contributed by atoms with Crippen LogP contribution in [0.1, 0.15) is 15.9 Å². The number of nitrogens with one attached hydrogen (secondary N) is 1. The molecule has 0 atom stereocenters. The molecule has 5 aromatic rings. The number of fused-ring (bicyclic) bond motifs is 2. The molecule has 1 amide bonds. The maximum Gasteiger partial charge on any atom is 0.259 e. The zero-order valence-corrected chi connectivity index (χ0v) is 18.0. The van der Waals surface area contributed by atoms with Crippen LogP contribution in [-0.4, -0.2) is 11.0 Å². The number of amides is 1. The molecule has 0 aliphatic heterocycles. The number of azo groups is 1. The number of aromatic hydroxyl groups is 1. The van der Waals surface area contributed by atoms with Gasteiger partial charge in [-0.05, 0) is 36.1 Å². The van der Waals surface area contributed by atoms with Gasteiger partial charge in [-0.2, -0.15) is 5.11 Å². The molecule has 0 unspecified atom stereocenters. The summed E-state index contributed by atoms with van der Waals surface area (Å²) in [4.78, 5) is 13.3. The lowest BCUT2D eigenvalue weighted by atomic mass is 10.0. The zero-order valence-electron chi connectivity index (χ0n) is 18.0. The van der Waals surface area contributed by atoms with E-state index in [2.05, 4.69) is 15.5 Å². The van der Waals surface area contributed by atoms with Crippen LogP contribution in [0.2, 0.25) is 0 Å². The van der Waals surface area contributed by atoms with E-state index < -0.39 is 5.91 Å². The molecule has 0 aliphatic rings. The second kappa shape index (κ2) is 8.55. The minimum atomic E-state index is -0.415. The lowest BCUT2D eigenvalue weighted by Crippen LogP contribution is -2.12. The molecule has 0 bridgehead atoms. The third kappa shape index (κ3) is 3.92. The molecular formula is C28H21N3O2. The Balaban J connectivity index is 1.59. The van der Waals surface area contributed by atoms with Gasteiger partial charge >= 0.3 is 0 Å². The van der Waals surface area contributed by atoms with Gasteiger partial charge in [0, 0.05) is 21.8 Å². The third-order valence-corrected chi connectivity index (χ3v) is 5.66. The van der Waals surface area contributed by atoms with E-state index in [9.17, 15) is 9.90 Å². The molecular weight excluding hydrogens is 410 g/mol. The molecule has 160 valence electrons. The van der Waals surface area contributed by atoms with Gasteiger partial charge in [0.2, 0.25) is 0 Å². The number of rotatable bonds is 4. The number of aryl methyl sites for hydroxylation is 1. The maximum absolute atomic E-state index is 13.3. The zero-order chi connectivity index (χ0) is 22.8. The number of hydrogen-bond acceptors (Lipinski definition) is 4. The quantitative estimate of drug-likeness (QED) is 0.286. The number of carbonyl (C=O) groups excluding carboxylic acids is 1. The van der Waals surface area contributed by atoms with Gasteiger partial charge in [0.15, 0.2) is 0 Å². The summed E-state index contributed by atoms with van der Waals surface area (Å²) >= 11 is 0. The third-order valence-electron chi connectivity index (χ3n) is 5.66. The van der Waals surface area contributed by atoms with Crippen LogP contribution in [0.4, 0.5) is 17.1 Å². The fourth-order valence-electron chi connectivity index (χ4n) is 3.90. The number of phenolic OH excluding ortho intramolecular Hbond substituents is 1. The highest BCUT2D eigenvalue weighted by molar-refractivity contribution is 6.14. The number of carbonyl (C=O) groups is 1. The predicted octanol–water partition coefficient (Wildman–Crippen LogP) is 7.67. The summed E-state index contributed by atoms with van der Waals surface area (Å²) < 4.78 is 0. The van der Waals surface area contributed by atoms with Crippen molar-refractivity contribution >= 4 is 44.5 Å². The molecule has 0 aliphatic carbocycles. The Bertz CT molecular complexity index is 1530. The van der Waals surface area contributed by atoms with E-state index in [1.807, 2.05) is 91.9 Å². The van der Waals surface area contributed by atoms with Gasteiger partial charge in [0.1, 0.15) is 5.75 Å². The average Bonchev–Trinajstić information content (AvgIpc) is 2.85. The fraction of sp³-hybridized carbons (Fsp3) is 0.0357. The smallest absolute Gasteiger partial charge is 0.259 e. The van der Waals surface area contributed by atoms with Crippen molar-refractivity contribution in [2.45, 2.75) is 6.92 Å². The average molecular weight is 431 g/mol. The van der Waals surface area contributed by atoms with Gasteiger partial charge in [-0.15, -0.1) is 5.11 Å². The summed E-state index contributed by atoms with van der Waals surface area (Å²) in [5.41, 5.74) is 3.07. The molecule has 5 rings (SSSR count). The predicted molar refractivity (Wildman–Crippen MR) is 133 cm³/mol. The number of nitrogens with zero attached hydrogens (tertiary/aromatic N) is 2. The number of phenols is 1. The molecule has 0 aromatic heterocycles. The summed E-state index contributed by atoms with van der Waals surface area (Å²) in [5, 5.41) is 25.9. The summed E-state index contributed by atoms with van der Waals surface area (Å²) in [6.45, 7) is 1.96. The topological polar surface area (TPSA) is 74.0 Å². The first kappa shape index (κ1) is 20.4. The Morgan fingerprint density at radius 1 is 0.727 bits per heavy atom. The first-order chi connectivity index (χ1) is 16.1. The van der Waals surface area contributed by atoms with Crippen LogP contribution in [0, 0.1) is 6.92 Å². The Hall–Kier alpha value is -4.51. The monoisotopic (exact) mass is 431 g/mol. The number of benzene rings is 5. The van der Waals surface area contributed by atoms with E-state index in [0.29, 0.717) is 22.1 Å². The molecule has 0 radical (unpaired) electrons. The van der Waals surface area contributed by atoms with Crippen LogP contribution in [0.3, 0.4) is 0 Å². The van der Waals surface area contributed by atoms with Crippen molar-refractivity contribution in [1.82, 2.24) is 0 Å². The minimum absolute atomic E-state index is 0.0850. The van der Waals surface area contributed by atoms with Crippen molar-refractivity contribution in [2.24, 2.45) is 10.2 Å². The van der Waals surface area contributed by atoms with Crippen molar-refractivity contribution in [2.75, 3.05) is 5.32 Å². The fourth-order valence-corrected chi connectivity index (χ4v) is 3.90. The van der Waals surface area contributed by atoms with E-state index in [4.69, 9.17) is 0 Å². The first-order valence-electron chi connectivity index (χ1n) is 10.6. The summed E-state index contributed by atoms with van der Waals surface area (Å²) in [5.74, 6) is -0.500. The lowest BCUT2D eigenvalue weighted by Gasteiger charge is -2.12. The van der Waals surface area contributed by atoms with Crippen LogP contribution < -0.4 is 5.32 Å². The molecule has 5 aromatic carbocycles. The van der Waals surface area contributed by atoms with Crippen LogP contribution in [0.25, 0.3) is 21.5 Å². The molecule has 0 spiro atoms. The van der Waals surface area contributed by atoms with Gasteiger partial charge in [-0.25, -0.2) is 0 Å². The second-order valence-electron chi connectivity index (χ2n) is 7.80. The van der Waals surface area contributed by atoms with Gasteiger partial charge in [0.05, 0.1) is 16.9 Å². The van der Waals surface area contributed by atoms with Gasteiger partial charge in [-0.1, -0.05) is 78.9 Å². The van der Waals surface area contributed by atoms with Gasteiger partial charge in [-0.3, -0.25) is 4.79 Å².